The Morgan fingerprint density at radius 3 is 3.04 bits per heavy atom. The average molecular weight is 344 g/mol. The third kappa shape index (κ3) is 3.37. The maximum Gasteiger partial charge on any atom is 0.115 e. The van der Waals surface area contributed by atoms with Gasteiger partial charge in [-0.2, -0.15) is 0 Å². The minimum Gasteiger partial charge on any atom is -0.375 e. The largest absolute Gasteiger partial charge is 0.375 e. The van der Waals surface area contributed by atoms with Crippen molar-refractivity contribution in [1.82, 2.24) is 19.8 Å². The Bertz CT molecular complexity index is 636. The standard InChI is InChI=1S/C18H24N4OS/c1-21(10-14-8-19-13-20-9-14)17-12-22(11-15-4-3-7-24-15)16-5-2-6-23-18(16)17/h3-4,7-9,13,16-18H,2,5-6,10-12H2,1H3/t16-,17+,18+/m0/s1. The molecule has 0 saturated carbocycles. The van der Waals surface area contributed by atoms with Crippen molar-refractivity contribution in [3.8, 4) is 0 Å². The molecular weight excluding hydrogens is 320 g/mol. The molecule has 2 aromatic heterocycles. The van der Waals surface area contributed by atoms with E-state index in [1.807, 2.05) is 23.7 Å². The second kappa shape index (κ2) is 7.27. The first-order valence-electron chi connectivity index (χ1n) is 8.63. The van der Waals surface area contributed by atoms with E-state index in [1.165, 1.54) is 17.7 Å². The summed E-state index contributed by atoms with van der Waals surface area (Å²) in [5, 5.41) is 2.17. The van der Waals surface area contributed by atoms with E-state index in [4.69, 9.17) is 4.74 Å². The van der Waals surface area contributed by atoms with Crippen LogP contribution in [0.15, 0.2) is 36.2 Å². The fraction of sp³-hybridized carbons (Fsp3) is 0.556. The van der Waals surface area contributed by atoms with Gasteiger partial charge in [-0.05, 0) is 31.3 Å². The summed E-state index contributed by atoms with van der Waals surface area (Å²) >= 11 is 1.85. The van der Waals surface area contributed by atoms with Gasteiger partial charge < -0.3 is 4.74 Å². The Labute approximate surface area is 147 Å². The maximum atomic E-state index is 6.21. The molecule has 128 valence electrons. The SMILES string of the molecule is CN(Cc1cncnc1)[C@@H]1CN(Cc2cccs2)[C@H]2CCCO[C@@H]12. The van der Waals surface area contributed by atoms with Crippen molar-refractivity contribution >= 4 is 11.3 Å². The number of hydrogen-bond acceptors (Lipinski definition) is 6. The molecule has 0 N–H and O–H groups in total. The molecule has 2 aliphatic rings. The van der Waals surface area contributed by atoms with Gasteiger partial charge in [-0.3, -0.25) is 9.80 Å². The lowest BCUT2D eigenvalue weighted by Crippen LogP contribution is -2.46. The molecule has 4 heterocycles. The van der Waals surface area contributed by atoms with Gasteiger partial charge in [0, 0.05) is 55.1 Å². The van der Waals surface area contributed by atoms with Crippen LogP contribution in [0, 0.1) is 0 Å². The summed E-state index contributed by atoms with van der Waals surface area (Å²) < 4.78 is 6.21. The van der Waals surface area contributed by atoms with Crippen molar-refractivity contribution in [2.75, 3.05) is 20.2 Å². The van der Waals surface area contributed by atoms with Crippen LogP contribution in [0.5, 0.6) is 0 Å². The highest BCUT2D eigenvalue weighted by Gasteiger charge is 2.45. The van der Waals surface area contributed by atoms with Gasteiger partial charge in [-0.25, -0.2) is 9.97 Å². The molecule has 24 heavy (non-hydrogen) atoms. The minimum atomic E-state index is 0.313. The average Bonchev–Trinajstić information content (AvgIpc) is 3.25. The second-order valence-electron chi connectivity index (χ2n) is 6.78. The molecule has 5 nitrogen and oxygen atoms in total. The number of rotatable bonds is 5. The van der Waals surface area contributed by atoms with E-state index in [9.17, 15) is 0 Å². The number of nitrogens with zero attached hydrogens (tertiary/aromatic N) is 4. The first kappa shape index (κ1) is 16.1. The molecule has 0 radical (unpaired) electrons. The minimum absolute atomic E-state index is 0.313. The normalized spacial score (nSPS) is 27.5. The zero-order valence-corrected chi connectivity index (χ0v) is 14.9. The van der Waals surface area contributed by atoms with E-state index in [2.05, 4.69) is 44.3 Å². The molecule has 0 aliphatic carbocycles. The van der Waals surface area contributed by atoms with Crippen LogP contribution in [0.25, 0.3) is 0 Å². The van der Waals surface area contributed by atoms with E-state index in [0.29, 0.717) is 18.2 Å². The third-order valence-electron chi connectivity index (χ3n) is 5.15. The van der Waals surface area contributed by atoms with Gasteiger partial charge in [-0.15, -0.1) is 11.3 Å². The summed E-state index contributed by atoms with van der Waals surface area (Å²) in [6.07, 6.45) is 8.12. The molecule has 2 aromatic rings. The fourth-order valence-corrected chi connectivity index (χ4v) is 4.75. The van der Waals surface area contributed by atoms with Gasteiger partial charge in [0.15, 0.2) is 0 Å². The van der Waals surface area contributed by atoms with E-state index in [0.717, 1.165) is 31.8 Å². The molecule has 3 atom stereocenters. The van der Waals surface area contributed by atoms with Gasteiger partial charge in [0.1, 0.15) is 6.33 Å². The molecule has 4 rings (SSSR count). The smallest absolute Gasteiger partial charge is 0.115 e. The third-order valence-corrected chi connectivity index (χ3v) is 6.02. The number of hydrogen-bond donors (Lipinski definition) is 0. The van der Waals surface area contributed by atoms with Crippen molar-refractivity contribution in [2.45, 2.75) is 44.1 Å². The Morgan fingerprint density at radius 2 is 2.25 bits per heavy atom. The summed E-state index contributed by atoms with van der Waals surface area (Å²) in [5.74, 6) is 0. The van der Waals surface area contributed by atoms with Crippen molar-refractivity contribution in [3.05, 3.63) is 46.7 Å². The van der Waals surface area contributed by atoms with Crippen molar-refractivity contribution < 1.29 is 4.74 Å². The summed E-state index contributed by atoms with van der Waals surface area (Å²) in [6.45, 7) is 3.87. The lowest BCUT2D eigenvalue weighted by molar-refractivity contribution is -0.0384. The predicted octanol–water partition coefficient (Wildman–Crippen LogP) is 2.40. The van der Waals surface area contributed by atoms with Crippen molar-refractivity contribution in [1.29, 1.82) is 0 Å². The van der Waals surface area contributed by atoms with E-state index in [-0.39, 0.29) is 0 Å². The highest BCUT2D eigenvalue weighted by molar-refractivity contribution is 7.09. The van der Waals surface area contributed by atoms with Crippen molar-refractivity contribution in [2.24, 2.45) is 0 Å². The molecule has 0 unspecified atom stereocenters. The summed E-state index contributed by atoms with van der Waals surface area (Å²) in [7, 11) is 2.20. The number of thiophene rings is 1. The van der Waals surface area contributed by atoms with Crippen LogP contribution in [0.2, 0.25) is 0 Å². The van der Waals surface area contributed by atoms with Crippen LogP contribution in [-0.2, 0) is 17.8 Å². The lowest BCUT2D eigenvalue weighted by Gasteiger charge is -2.34. The summed E-state index contributed by atoms with van der Waals surface area (Å²) in [6, 6.07) is 5.35. The second-order valence-corrected chi connectivity index (χ2v) is 7.82. The molecule has 0 aromatic carbocycles. The summed E-state index contributed by atoms with van der Waals surface area (Å²) in [5.41, 5.74) is 1.16. The zero-order valence-electron chi connectivity index (χ0n) is 14.0. The Balaban J connectivity index is 1.48. The first-order chi connectivity index (χ1) is 11.8. The fourth-order valence-electron chi connectivity index (χ4n) is 4.02. The van der Waals surface area contributed by atoms with Crippen LogP contribution >= 0.6 is 11.3 Å². The van der Waals surface area contributed by atoms with E-state index < -0.39 is 0 Å². The predicted molar refractivity (Wildman–Crippen MR) is 94.8 cm³/mol. The maximum absolute atomic E-state index is 6.21. The van der Waals surface area contributed by atoms with Crippen LogP contribution in [-0.4, -0.2) is 58.2 Å². The molecule has 2 saturated heterocycles. The molecular formula is C18H24N4OS. The molecule has 0 bridgehead atoms. The van der Waals surface area contributed by atoms with E-state index >= 15 is 0 Å². The highest BCUT2D eigenvalue weighted by Crippen LogP contribution is 2.33. The van der Waals surface area contributed by atoms with Crippen LogP contribution in [0.1, 0.15) is 23.3 Å². The van der Waals surface area contributed by atoms with Crippen LogP contribution < -0.4 is 0 Å². The first-order valence-corrected chi connectivity index (χ1v) is 9.51. The molecule has 6 heteroatoms. The molecule has 0 amide bonds. The van der Waals surface area contributed by atoms with Crippen LogP contribution in [0.4, 0.5) is 0 Å². The van der Waals surface area contributed by atoms with Gasteiger partial charge >= 0.3 is 0 Å². The highest BCUT2D eigenvalue weighted by atomic mass is 32.1. The van der Waals surface area contributed by atoms with Crippen molar-refractivity contribution in [3.63, 3.8) is 0 Å². The van der Waals surface area contributed by atoms with Gasteiger partial charge in [0.25, 0.3) is 0 Å². The quantitative estimate of drug-likeness (QED) is 0.833. The molecule has 2 aliphatic heterocycles. The molecule has 2 fully saturated rings. The number of likely N-dealkylation sites (N-methyl/N-ethyl adjacent to an activating group) is 1. The lowest BCUT2D eigenvalue weighted by atomic mass is 10.00. The van der Waals surface area contributed by atoms with Crippen LogP contribution in [0.3, 0.4) is 0 Å². The Hall–Kier alpha value is -1.34. The topological polar surface area (TPSA) is 41.5 Å². The monoisotopic (exact) mass is 344 g/mol. The van der Waals surface area contributed by atoms with E-state index in [1.54, 1.807) is 6.33 Å². The van der Waals surface area contributed by atoms with Gasteiger partial charge in [-0.1, -0.05) is 6.07 Å². The molecule has 0 spiro atoms. The summed E-state index contributed by atoms with van der Waals surface area (Å²) in [4.78, 5) is 14.7. The Morgan fingerprint density at radius 1 is 1.38 bits per heavy atom. The number of likely N-dealkylation sites (tertiary alicyclic amines) is 1. The number of aromatic nitrogens is 2. The zero-order chi connectivity index (χ0) is 16.4. The van der Waals surface area contributed by atoms with Gasteiger partial charge in [0.2, 0.25) is 0 Å². The number of ether oxygens (including phenoxy) is 1. The Kier molecular flexibility index (Phi) is 4.89. The number of fused-ring (bicyclic) bond motifs is 1. The van der Waals surface area contributed by atoms with Gasteiger partial charge in [0.05, 0.1) is 12.1 Å².